The number of carbonyl (C=O) groups excluding carboxylic acids is 1. The molecule has 2 rings (SSSR count). The van der Waals surface area contributed by atoms with Gasteiger partial charge in [0, 0.05) is 31.4 Å². The van der Waals surface area contributed by atoms with Gasteiger partial charge in [-0.3, -0.25) is 4.79 Å². The number of hydrogen-bond donors (Lipinski definition) is 1. The van der Waals surface area contributed by atoms with Crippen LogP contribution in [0.3, 0.4) is 0 Å². The van der Waals surface area contributed by atoms with Gasteiger partial charge in [-0.25, -0.2) is 0 Å². The predicted octanol–water partition coefficient (Wildman–Crippen LogP) is 3.83. The number of rotatable bonds is 9. The lowest BCUT2D eigenvalue weighted by Gasteiger charge is -2.13. The first-order valence-corrected chi connectivity index (χ1v) is 8.65. The molecule has 0 saturated heterocycles. The summed E-state index contributed by atoms with van der Waals surface area (Å²) in [6.07, 6.45) is 5.30. The van der Waals surface area contributed by atoms with Crippen molar-refractivity contribution < 1.29 is 9.53 Å². The van der Waals surface area contributed by atoms with Crippen LogP contribution in [-0.4, -0.2) is 23.6 Å². The molecule has 130 valence electrons. The summed E-state index contributed by atoms with van der Waals surface area (Å²) in [5, 5.41) is 3.00. The van der Waals surface area contributed by atoms with Crippen molar-refractivity contribution in [3.8, 4) is 5.75 Å². The Kier molecular flexibility index (Phi) is 6.91. The Labute approximate surface area is 144 Å². The second kappa shape index (κ2) is 9.16. The summed E-state index contributed by atoms with van der Waals surface area (Å²) in [4.78, 5) is 12.0. The van der Waals surface area contributed by atoms with Gasteiger partial charge >= 0.3 is 0 Å². The van der Waals surface area contributed by atoms with Gasteiger partial charge in [-0.15, -0.1) is 0 Å². The van der Waals surface area contributed by atoms with Gasteiger partial charge in [0.15, 0.2) is 0 Å². The second-order valence-corrected chi connectivity index (χ2v) is 6.63. The quantitative estimate of drug-likeness (QED) is 0.760. The molecule has 24 heavy (non-hydrogen) atoms. The van der Waals surface area contributed by atoms with E-state index in [-0.39, 0.29) is 11.9 Å². The summed E-state index contributed by atoms with van der Waals surface area (Å²) < 4.78 is 7.72. The summed E-state index contributed by atoms with van der Waals surface area (Å²) in [5.74, 6) is 1.51. The van der Waals surface area contributed by atoms with Crippen LogP contribution in [-0.2, 0) is 11.2 Å². The lowest BCUT2D eigenvalue weighted by molar-refractivity contribution is -0.121. The molecule has 1 atom stereocenters. The van der Waals surface area contributed by atoms with Gasteiger partial charge in [0.05, 0.1) is 6.61 Å². The smallest absolute Gasteiger partial charge is 0.222 e. The van der Waals surface area contributed by atoms with Crippen LogP contribution in [0.15, 0.2) is 48.8 Å². The minimum absolute atomic E-state index is 0.0908. The highest BCUT2D eigenvalue weighted by molar-refractivity contribution is 5.76. The molecular formula is C20H28N2O2. The van der Waals surface area contributed by atoms with Gasteiger partial charge in [-0.1, -0.05) is 26.0 Å². The highest BCUT2D eigenvalue weighted by atomic mass is 16.5. The van der Waals surface area contributed by atoms with E-state index in [0.29, 0.717) is 18.9 Å². The molecule has 1 aromatic carbocycles. The van der Waals surface area contributed by atoms with Gasteiger partial charge in [0.25, 0.3) is 0 Å². The van der Waals surface area contributed by atoms with Gasteiger partial charge in [0.2, 0.25) is 5.91 Å². The van der Waals surface area contributed by atoms with Crippen molar-refractivity contribution >= 4 is 5.91 Å². The first-order chi connectivity index (χ1) is 11.5. The van der Waals surface area contributed by atoms with E-state index < -0.39 is 0 Å². The average Bonchev–Trinajstić information content (AvgIpc) is 3.08. The number of nitrogens with zero attached hydrogens (tertiary/aromatic N) is 1. The van der Waals surface area contributed by atoms with E-state index in [1.165, 1.54) is 5.56 Å². The van der Waals surface area contributed by atoms with Crippen molar-refractivity contribution in [2.45, 2.75) is 39.7 Å². The molecule has 2 aromatic rings. The number of carbonyl (C=O) groups is 1. The lowest BCUT2D eigenvalue weighted by Crippen LogP contribution is -2.27. The number of amides is 1. The third kappa shape index (κ3) is 6.11. The van der Waals surface area contributed by atoms with Crippen molar-refractivity contribution in [2.75, 3.05) is 13.2 Å². The lowest BCUT2D eigenvalue weighted by atomic mass is 10.1. The van der Waals surface area contributed by atoms with Gasteiger partial charge in [-0.2, -0.15) is 0 Å². The molecule has 1 aromatic heterocycles. The van der Waals surface area contributed by atoms with Crippen molar-refractivity contribution in [1.29, 1.82) is 0 Å². The molecule has 1 amide bonds. The maximum Gasteiger partial charge on any atom is 0.222 e. The first-order valence-electron chi connectivity index (χ1n) is 8.65. The fourth-order valence-electron chi connectivity index (χ4n) is 2.45. The monoisotopic (exact) mass is 328 g/mol. The molecule has 1 heterocycles. The Morgan fingerprint density at radius 1 is 1.12 bits per heavy atom. The normalized spacial score (nSPS) is 12.2. The molecule has 0 aliphatic carbocycles. The van der Waals surface area contributed by atoms with Crippen molar-refractivity contribution in [1.82, 2.24) is 9.88 Å². The Hall–Kier alpha value is -2.23. The second-order valence-electron chi connectivity index (χ2n) is 6.63. The van der Waals surface area contributed by atoms with Crippen LogP contribution in [0.25, 0.3) is 0 Å². The SMILES string of the molecule is CC(C)COc1ccc(CCNC(=O)CC(C)n2cccc2)cc1. The fourth-order valence-corrected chi connectivity index (χ4v) is 2.45. The highest BCUT2D eigenvalue weighted by Crippen LogP contribution is 2.14. The van der Waals surface area contributed by atoms with Crippen LogP contribution in [0, 0.1) is 5.92 Å². The van der Waals surface area contributed by atoms with E-state index in [1.807, 2.05) is 36.7 Å². The average molecular weight is 328 g/mol. The fraction of sp³-hybridized carbons (Fsp3) is 0.450. The summed E-state index contributed by atoms with van der Waals surface area (Å²) in [6, 6.07) is 12.2. The number of aromatic nitrogens is 1. The van der Waals surface area contributed by atoms with Crippen LogP contribution in [0.4, 0.5) is 0 Å². The van der Waals surface area contributed by atoms with E-state index in [4.69, 9.17) is 4.74 Å². The molecule has 0 aliphatic heterocycles. The Balaban J connectivity index is 1.68. The molecular weight excluding hydrogens is 300 g/mol. The molecule has 0 spiro atoms. The standard InChI is InChI=1S/C20H28N2O2/c1-16(2)15-24-19-8-6-18(7-9-19)10-11-21-20(23)14-17(3)22-12-4-5-13-22/h4-9,12-13,16-17H,10-11,14-15H2,1-3H3,(H,21,23). The highest BCUT2D eigenvalue weighted by Gasteiger charge is 2.09. The van der Waals surface area contributed by atoms with E-state index in [0.717, 1.165) is 18.8 Å². The molecule has 0 fully saturated rings. The van der Waals surface area contributed by atoms with E-state index in [2.05, 4.69) is 42.8 Å². The molecule has 1 unspecified atom stereocenters. The van der Waals surface area contributed by atoms with Crippen LogP contribution in [0.2, 0.25) is 0 Å². The third-order valence-corrected chi connectivity index (χ3v) is 3.86. The molecule has 4 heteroatoms. The topological polar surface area (TPSA) is 43.3 Å². The van der Waals surface area contributed by atoms with Gasteiger partial charge in [-0.05, 0) is 49.1 Å². The van der Waals surface area contributed by atoms with E-state index >= 15 is 0 Å². The van der Waals surface area contributed by atoms with Crippen LogP contribution >= 0.6 is 0 Å². The maximum atomic E-state index is 12.0. The summed E-state index contributed by atoms with van der Waals surface area (Å²) >= 11 is 0. The van der Waals surface area contributed by atoms with E-state index in [1.54, 1.807) is 0 Å². The zero-order valence-electron chi connectivity index (χ0n) is 14.9. The molecule has 0 saturated carbocycles. The van der Waals surface area contributed by atoms with Crippen LogP contribution in [0.5, 0.6) is 5.75 Å². The zero-order chi connectivity index (χ0) is 17.4. The molecule has 4 nitrogen and oxygen atoms in total. The summed E-state index contributed by atoms with van der Waals surface area (Å²) in [6.45, 7) is 7.70. The third-order valence-electron chi connectivity index (χ3n) is 3.86. The van der Waals surface area contributed by atoms with Gasteiger partial charge in [0.1, 0.15) is 5.75 Å². The summed E-state index contributed by atoms with van der Waals surface area (Å²) in [7, 11) is 0. The zero-order valence-corrected chi connectivity index (χ0v) is 14.9. The van der Waals surface area contributed by atoms with Crippen molar-refractivity contribution in [3.05, 3.63) is 54.4 Å². The van der Waals surface area contributed by atoms with Gasteiger partial charge < -0.3 is 14.6 Å². The minimum Gasteiger partial charge on any atom is -0.493 e. The molecule has 0 radical (unpaired) electrons. The number of nitrogens with one attached hydrogen (secondary N) is 1. The molecule has 0 aliphatic rings. The Morgan fingerprint density at radius 3 is 2.42 bits per heavy atom. The first kappa shape index (κ1) is 18.1. The van der Waals surface area contributed by atoms with Crippen molar-refractivity contribution in [3.63, 3.8) is 0 Å². The predicted molar refractivity (Wildman–Crippen MR) is 97.2 cm³/mol. The maximum absolute atomic E-state index is 12.0. The minimum atomic E-state index is 0.0908. The van der Waals surface area contributed by atoms with Crippen LogP contribution in [0.1, 0.15) is 38.8 Å². The molecule has 0 bridgehead atoms. The van der Waals surface area contributed by atoms with E-state index in [9.17, 15) is 4.79 Å². The number of ether oxygens (including phenoxy) is 1. The molecule has 1 N–H and O–H groups in total. The van der Waals surface area contributed by atoms with Crippen molar-refractivity contribution in [2.24, 2.45) is 5.92 Å². The summed E-state index contributed by atoms with van der Waals surface area (Å²) in [5.41, 5.74) is 1.20. The number of benzene rings is 1. The Bertz CT molecular complexity index is 603. The Morgan fingerprint density at radius 2 is 1.79 bits per heavy atom. The van der Waals surface area contributed by atoms with Crippen LogP contribution < -0.4 is 10.1 Å². The number of hydrogen-bond acceptors (Lipinski definition) is 2. The largest absolute Gasteiger partial charge is 0.493 e.